The Balaban J connectivity index is 0.00000451. The number of nitrogens with zero attached hydrogens (tertiary/aromatic N) is 7. The predicted octanol–water partition coefficient (Wildman–Crippen LogP) is 3.40. The number of aryl methyl sites for hydroxylation is 1. The van der Waals surface area contributed by atoms with Crippen LogP contribution in [0.1, 0.15) is 42.1 Å². The lowest BCUT2D eigenvalue weighted by molar-refractivity contribution is -0.137. The molecule has 6 rings (SSSR count). The Morgan fingerprint density at radius 1 is 1.04 bits per heavy atom. The number of β-amino-alcohol motifs (C(OH)–C–C–N with tert-alkyl or cyclic N) is 1. The molecule has 48 heavy (non-hydrogen) atoms. The van der Waals surface area contributed by atoms with E-state index in [-0.39, 0.29) is 38.2 Å². The smallest absolute Gasteiger partial charge is 0.390 e. The molecule has 0 saturated carbocycles. The Morgan fingerprint density at radius 2 is 1.71 bits per heavy atom. The zero-order chi connectivity index (χ0) is 33.8. The van der Waals surface area contributed by atoms with E-state index in [1.807, 2.05) is 31.1 Å². The molecule has 3 aromatic heterocycles. The fourth-order valence-corrected chi connectivity index (χ4v) is 7.96. The quantitative estimate of drug-likeness (QED) is 0.296. The van der Waals surface area contributed by atoms with Gasteiger partial charge in [-0.05, 0) is 56.4 Å². The zero-order valence-corrected chi connectivity index (χ0v) is 29.2. The maximum atomic E-state index is 13.2. The summed E-state index contributed by atoms with van der Waals surface area (Å²) in [6.07, 6.45) is -1.60. The predicted molar refractivity (Wildman–Crippen MR) is 184 cm³/mol. The Kier molecular flexibility index (Phi) is 10.1. The SMILES string of the molecule is CN(C)c1ccc2c(n1)n(C1CCN(C[C@H](O)Cn3nc(-c4ccc(C(F)(F)F)cc4)c4c3CCC(S(C)(=O)=O)C4)CC1)c(=O)n2C.S. The number of pyridine rings is 1. The molecule has 2 aliphatic rings. The topological polar surface area (TPSA) is 118 Å². The summed E-state index contributed by atoms with van der Waals surface area (Å²) in [4.78, 5) is 22.0. The van der Waals surface area contributed by atoms with Crippen molar-refractivity contribution in [3.8, 4) is 11.3 Å². The molecule has 262 valence electrons. The highest BCUT2D eigenvalue weighted by Crippen LogP contribution is 2.36. The molecule has 0 amide bonds. The Labute approximate surface area is 284 Å². The number of alkyl halides is 3. The first-order chi connectivity index (χ1) is 22.1. The zero-order valence-electron chi connectivity index (χ0n) is 27.4. The number of imidazole rings is 1. The summed E-state index contributed by atoms with van der Waals surface area (Å²) in [5, 5.41) is 15.3. The van der Waals surface area contributed by atoms with Gasteiger partial charge in [0, 0.05) is 69.9 Å². The van der Waals surface area contributed by atoms with Gasteiger partial charge < -0.3 is 14.9 Å². The van der Waals surface area contributed by atoms with Gasteiger partial charge in [0.25, 0.3) is 0 Å². The van der Waals surface area contributed by atoms with Crippen LogP contribution in [0, 0.1) is 0 Å². The van der Waals surface area contributed by atoms with Crippen molar-refractivity contribution < 1.29 is 26.7 Å². The molecule has 11 nitrogen and oxygen atoms in total. The third kappa shape index (κ3) is 7.03. The Hall–Kier alpha value is -3.34. The molecule has 16 heteroatoms. The molecule has 0 spiro atoms. The van der Waals surface area contributed by atoms with Gasteiger partial charge in [0.2, 0.25) is 0 Å². The van der Waals surface area contributed by atoms with Gasteiger partial charge in [0.05, 0.1) is 34.7 Å². The molecule has 1 aliphatic carbocycles. The number of aliphatic hydroxyl groups excluding tert-OH is 1. The lowest BCUT2D eigenvalue weighted by atomic mass is 9.92. The second kappa shape index (κ2) is 13.5. The molecule has 2 atom stereocenters. The molecule has 0 bridgehead atoms. The van der Waals surface area contributed by atoms with E-state index >= 15 is 0 Å². The average molecular weight is 710 g/mol. The van der Waals surface area contributed by atoms with Crippen LogP contribution in [0.15, 0.2) is 41.2 Å². The van der Waals surface area contributed by atoms with Crippen molar-refractivity contribution in [2.75, 3.05) is 44.9 Å². The van der Waals surface area contributed by atoms with Gasteiger partial charge in [-0.3, -0.25) is 13.8 Å². The highest BCUT2D eigenvalue weighted by atomic mass is 32.2. The fourth-order valence-electron chi connectivity index (χ4n) is 6.94. The number of rotatable bonds is 8. The lowest BCUT2D eigenvalue weighted by Crippen LogP contribution is -2.42. The number of piperidine rings is 1. The largest absolute Gasteiger partial charge is 0.416 e. The molecular formula is C32H42F3N7O4S2. The summed E-state index contributed by atoms with van der Waals surface area (Å²) < 4.78 is 69.6. The van der Waals surface area contributed by atoms with Crippen molar-refractivity contribution in [3.05, 3.63) is 63.7 Å². The van der Waals surface area contributed by atoms with Gasteiger partial charge in [0.15, 0.2) is 15.5 Å². The van der Waals surface area contributed by atoms with E-state index in [1.165, 1.54) is 18.4 Å². The molecule has 0 radical (unpaired) electrons. The summed E-state index contributed by atoms with van der Waals surface area (Å²) in [6, 6.07) is 8.50. The minimum Gasteiger partial charge on any atom is -0.390 e. The third-order valence-electron chi connectivity index (χ3n) is 9.55. The highest BCUT2D eigenvalue weighted by molar-refractivity contribution is 7.91. The number of fused-ring (bicyclic) bond motifs is 2. The second-order valence-electron chi connectivity index (χ2n) is 13.0. The van der Waals surface area contributed by atoms with E-state index < -0.39 is 32.9 Å². The van der Waals surface area contributed by atoms with E-state index in [4.69, 9.17) is 10.1 Å². The third-order valence-corrected chi connectivity index (χ3v) is 11.2. The number of halogens is 3. The monoisotopic (exact) mass is 709 g/mol. The number of hydrogen-bond donors (Lipinski definition) is 1. The molecule has 1 N–H and O–H groups in total. The van der Waals surface area contributed by atoms with Crippen molar-refractivity contribution in [2.24, 2.45) is 7.05 Å². The molecule has 4 heterocycles. The van der Waals surface area contributed by atoms with Crippen LogP contribution in [0.4, 0.5) is 19.0 Å². The first kappa shape index (κ1) is 36.0. The summed E-state index contributed by atoms with van der Waals surface area (Å²) in [5.41, 5.74) is 2.97. The molecule has 1 fully saturated rings. The van der Waals surface area contributed by atoms with Crippen LogP contribution in [0.25, 0.3) is 22.4 Å². The highest BCUT2D eigenvalue weighted by Gasteiger charge is 2.34. The number of sulfone groups is 1. The fraction of sp³-hybridized carbons (Fsp3) is 0.531. The summed E-state index contributed by atoms with van der Waals surface area (Å²) in [7, 11) is 2.22. The maximum absolute atomic E-state index is 13.2. The van der Waals surface area contributed by atoms with Crippen LogP contribution in [0.3, 0.4) is 0 Å². The standard InChI is InChI=1S/C32H40F3N7O4S.H2S/c1-38(2)28-12-11-27-30(36-28)42(31(44)39(27)3)22-13-15-40(16-14-22)18-23(43)19-41-26-10-9-24(47(4,45)46)17-25(26)29(37-41)20-5-7-21(8-6-20)32(33,34)35;/h5-8,11-12,22-24,43H,9-10,13-19H2,1-4H3;1H2/t23-,24?;/m0./s1. The van der Waals surface area contributed by atoms with Gasteiger partial charge in [0.1, 0.15) is 5.82 Å². The number of hydrogen-bond acceptors (Lipinski definition) is 8. The van der Waals surface area contributed by atoms with E-state index in [0.29, 0.717) is 67.8 Å². The number of aromatic nitrogens is 5. The number of benzene rings is 1. The van der Waals surface area contributed by atoms with E-state index in [0.717, 1.165) is 29.2 Å². The Bertz CT molecular complexity index is 1940. The normalized spacial score (nSPS) is 18.5. The second-order valence-corrected chi connectivity index (χ2v) is 15.4. The van der Waals surface area contributed by atoms with Crippen molar-refractivity contribution in [1.29, 1.82) is 0 Å². The molecule has 1 saturated heterocycles. The first-order valence-electron chi connectivity index (χ1n) is 15.7. The van der Waals surface area contributed by atoms with Crippen molar-refractivity contribution in [3.63, 3.8) is 0 Å². The van der Waals surface area contributed by atoms with Crippen molar-refractivity contribution >= 4 is 40.3 Å². The lowest BCUT2D eigenvalue weighted by Gasteiger charge is -2.33. The van der Waals surface area contributed by atoms with E-state index in [9.17, 15) is 31.5 Å². The van der Waals surface area contributed by atoms with Gasteiger partial charge >= 0.3 is 11.9 Å². The number of aliphatic hydroxyl groups is 1. The average Bonchev–Trinajstić information content (AvgIpc) is 3.50. The van der Waals surface area contributed by atoms with Crippen LogP contribution in [0.2, 0.25) is 0 Å². The summed E-state index contributed by atoms with van der Waals surface area (Å²) >= 11 is 0. The van der Waals surface area contributed by atoms with Crippen LogP contribution in [0.5, 0.6) is 0 Å². The minimum absolute atomic E-state index is 0. The molecule has 1 unspecified atom stereocenters. The van der Waals surface area contributed by atoms with E-state index in [1.54, 1.807) is 20.9 Å². The maximum Gasteiger partial charge on any atom is 0.416 e. The number of likely N-dealkylation sites (tertiary alicyclic amines) is 1. The summed E-state index contributed by atoms with van der Waals surface area (Å²) in [6.45, 7) is 1.87. The van der Waals surface area contributed by atoms with Crippen molar-refractivity contribution in [2.45, 2.75) is 62.2 Å². The minimum atomic E-state index is -4.48. The van der Waals surface area contributed by atoms with Crippen LogP contribution in [-0.4, -0.2) is 93.7 Å². The van der Waals surface area contributed by atoms with Crippen LogP contribution < -0.4 is 10.6 Å². The molecule has 1 aliphatic heterocycles. The van der Waals surface area contributed by atoms with Gasteiger partial charge in [-0.2, -0.15) is 31.8 Å². The molecular weight excluding hydrogens is 668 g/mol. The molecule has 1 aromatic carbocycles. The van der Waals surface area contributed by atoms with Crippen molar-refractivity contribution in [1.82, 2.24) is 28.8 Å². The summed E-state index contributed by atoms with van der Waals surface area (Å²) in [5.74, 6) is 0.770. The van der Waals surface area contributed by atoms with Crippen LogP contribution in [-0.2, 0) is 42.4 Å². The van der Waals surface area contributed by atoms with Gasteiger partial charge in [-0.15, -0.1) is 0 Å². The Morgan fingerprint density at radius 3 is 2.31 bits per heavy atom. The number of anilines is 1. The van der Waals surface area contributed by atoms with Gasteiger partial charge in [-0.1, -0.05) is 12.1 Å². The first-order valence-corrected chi connectivity index (χ1v) is 17.7. The van der Waals surface area contributed by atoms with Crippen LogP contribution >= 0.6 is 13.5 Å². The van der Waals surface area contributed by atoms with E-state index in [2.05, 4.69) is 4.90 Å². The van der Waals surface area contributed by atoms with Gasteiger partial charge in [-0.25, -0.2) is 18.2 Å². The molecule has 4 aromatic rings.